The number of aromatic amines is 1. The molecule has 0 saturated carbocycles. The topological polar surface area (TPSA) is 87.3 Å². The SMILES string of the molecule is COc1cc2[nH]ncc2cc1C(=O)N(CCNC(C)=O)c1cccc(F)c1. The lowest BCUT2D eigenvalue weighted by Gasteiger charge is -2.24. The number of H-pyrrole nitrogens is 1. The minimum atomic E-state index is -0.456. The number of rotatable bonds is 6. The summed E-state index contributed by atoms with van der Waals surface area (Å²) in [5, 5.41) is 10.2. The Morgan fingerprint density at radius 2 is 2.11 bits per heavy atom. The lowest BCUT2D eigenvalue weighted by Crippen LogP contribution is -2.38. The van der Waals surface area contributed by atoms with Crippen LogP contribution < -0.4 is 15.0 Å². The Balaban J connectivity index is 2.00. The maximum absolute atomic E-state index is 13.7. The van der Waals surface area contributed by atoms with Gasteiger partial charge in [0.15, 0.2) is 0 Å². The standard InChI is InChI=1S/C19H19FN4O3/c1-12(25)21-6-7-24(15-5-3-4-14(20)9-15)19(26)16-8-13-11-22-23-17(13)10-18(16)27-2/h3-5,8-11H,6-7H2,1-2H3,(H,21,25)(H,22,23). The molecule has 3 aromatic rings. The summed E-state index contributed by atoms with van der Waals surface area (Å²) in [6.45, 7) is 1.80. The minimum Gasteiger partial charge on any atom is -0.496 e. The van der Waals surface area contributed by atoms with Gasteiger partial charge in [-0.1, -0.05) is 6.07 Å². The first-order valence-electron chi connectivity index (χ1n) is 8.32. The summed E-state index contributed by atoms with van der Waals surface area (Å²) in [4.78, 5) is 25.8. The Hall–Kier alpha value is -3.42. The lowest BCUT2D eigenvalue weighted by molar-refractivity contribution is -0.118. The molecule has 2 aromatic carbocycles. The molecule has 0 saturated heterocycles. The van der Waals surface area contributed by atoms with Gasteiger partial charge < -0.3 is 15.0 Å². The van der Waals surface area contributed by atoms with E-state index < -0.39 is 5.82 Å². The number of amides is 2. The monoisotopic (exact) mass is 370 g/mol. The highest BCUT2D eigenvalue weighted by molar-refractivity contribution is 6.10. The molecule has 3 rings (SSSR count). The summed E-state index contributed by atoms with van der Waals surface area (Å²) in [5.41, 5.74) is 1.44. The van der Waals surface area contributed by atoms with Crippen molar-refractivity contribution in [2.75, 3.05) is 25.1 Å². The average molecular weight is 370 g/mol. The summed E-state index contributed by atoms with van der Waals surface area (Å²) < 4.78 is 19.1. The van der Waals surface area contributed by atoms with Crippen LogP contribution in [-0.4, -0.2) is 42.2 Å². The lowest BCUT2D eigenvalue weighted by atomic mass is 10.1. The van der Waals surface area contributed by atoms with Gasteiger partial charge in [-0.25, -0.2) is 4.39 Å². The first-order valence-corrected chi connectivity index (χ1v) is 8.32. The highest BCUT2D eigenvalue weighted by atomic mass is 19.1. The smallest absolute Gasteiger partial charge is 0.262 e. The fourth-order valence-electron chi connectivity index (χ4n) is 2.79. The van der Waals surface area contributed by atoms with Crippen LogP contribution in [0.4, 0.5) is 10.1 Å². The van der Waals surface area contributed by atoms with Crippen LogP contribution in [0, 0.1) is 5.82 Å². The van der Waals surface area contributed by atoms with Crippen LogP contribution in [-0.2, 0) is 4.79 Å². The van der Waals surface area contributed by atoms with Gasteiger partial charge in [0.05, 0.1) is 24.4 Å². The van der Waals surface area contributed by atoms with E-state index in [4.69, 9.17) is 4.74 Å². The zero-order chi connectivity index (χ0) is 19.4. The predicted molar refractivity (Wildman–Crippen MR) is 99.4 cm³/mol. The van der Waals surface area contributed by atoms with Crippen molar-refractivity contribution in [1.82, 2.24) is 15.5 Å². The van der Waals surface area contributed by atoms with Crippen LogP contribution in [0.2, 0.25) is 0 Å². The summed E-state index contributed by atoms with van der Waals surface area (Å²) >= 11 is 0. The first kappa shape index (κ1) is 18.4. The van der Waals surface area contributed by atoms with Gasteiger partial charge in [0.1, 0.15) is 11.6 Å². The van der Waals surface area contributed by atoms with Gasteiger partial charge in [0, 0.05) is 37.2 Å². The highest BCUT2D eigenvalue weighted by Crippen LogP contribution is 2.28. The second-order valence-corrected chi connectivity index (χ2v) is 5.93. The molecule has 0 aliphatic carbocycles. The van der Waals surface area contributed by atoms with E-state index in [0.717, 1.165) is 10.9 Å². The number of hydrogen-bond donors (Lipinski definition) is 2. The van der Waals surface area contributed by atoms with Gasteiger partial charge in [-0.05, 0) is 24.3 Å². The molecule has 0 spiro atoms. The number of ether oxygens (including phenoxy) is 1. The van der Waals surface area contributed by atoms with Crippen molar-refractivity contribution in [1.29, 1.82) is 0 Å². The van der Waals surface area contributed by atoms with Crippen molar-refractivity contribution >= 4 is 28.4 Å². The molecule has 0 radical (unpaired) electrons. The fourth-order valence-corrected chi connectivity index (χ4v) is 2.79. The van der Waals surface area contributed by atoms with Crippen molar-refractivity contribution in [3.05, 3.63) is 54.0 Å². The van der Waals surface area contributed by atoms with Crippen LogP contribution in [0.3, 0.4) is 0 Å². The molecule has 0 fully saturated rings. The summed E-state index contributed by atoms with van der Waals surface area (Å²) in [6, 6.07) is 9.10. The second kappa shape index (κ2) is 7.86. The Kier molecular flexibility index (Phi) is 5.35. The van der Waals surface area contributed by atoms with Crippen LogP contribution in [0.15, 0.2) is 42.6 Å². The molecule has 0 aliphatic rings. The Morgan fingerprint density at radius 3 is 2.81 bits per heavy atom. The van der Waals surface area contributed by atoms with Crippen LogP contribution in [0.1, 0.15) is 17.3 Å². The number of carbonyl (C=O) groups excluding carboxylic acids is 2. The van der Waals surface area contributed by atoms with Crippen molar-refractivity contribution < 1.29 is 18.7 Å². The molecule has 8 heteroatoms. The van der Waals surface area contributed by atoms with Crippen LogP contribution in [0.25, 0.3) is 10.9 Å². The molecule has 1 aromatic heterocycles. The molecule has 0 unspecified atom stereocenters. The number of anilines is 1. The third-order valence-corrected chi connectivity index (χ3v) is 4.07. The predicted octanol–water partition coefficient (Wildman–Crippen LogP) is 2.49. The molecule has 2 N–H and O–H groups in total. The van der Waals surface area contributed by atoms with Crippen molar-refractivity contribution in [2.24, 2.45) is 0 Å². The molecule has 0 aliphatic heterocycles. The Morgan fingerprint density at radius 1 is 1.30 bits per heavy atom. The third-order valence-electron chi connectivity index (χ3n) is 4.07. The molecular weight excluding hydrogens is 351 g/mol. The van der Waals surface area contributed by atoms with Gasteiger partial charge in [0.2, 0.25) is 5.91 Å². The summed E-state index contributed by atoms with van der Waals surface area (Å²) in [5.74, 6) is -0.662. The number of fused-ring (bicyclic) bond motifs is 1. The zero-order valence-corrected chi connectivity index (χ0v) is 15.0. The minimum absolute atomic E-state index is 0.175. The van der Waals surface area contributed by atoms with Crippen LogP contribution >= 0.6 is 0 Å². The maximum Gasteiger partial charge on any atom is 0.262 e. The molecule has 0 bridgehead atoms. The number of halogens is 1. The van der Waals surface area contributed by atoms with E-state index in [1.54, 1.807) is 24.4 Å². The molecule has 1 heterocycles. The second-order valence-electron chi connectivity index (χ2n) is 5.93. The van der Waals surface area contributed by atoms with Crippen molar-refractivity contribution in [3.63, 3.8) is 0 Å². The van der Waals surface area contributed by atoms with E-state index in [2.05, 4.69) is 15.5 Å². The third kappa shape index (κ3) is 4.05. The number of hydrogen-bond acceptors (Lipinski definition) is 4. The Labute approximate surface area is 155 Å². The maximum atomic E-state index is 13.7. The quantitative estimate of drug-likeness (QED) is 0.698. The largest absolute Gasteiger partial charge is 0.496 e. The van der Waals surface area contributed by atoms with Gasteiger partial charge in [0.25, 0.3) is 5.91 Å². The van der Waals surface area contributed by atoms with E-state index >= 15 is 0 Å². The zero-order valence-electron chi connectivity index (χ0n) is 15.0. The van der Waals surface area contributed by atoms with E-state index in [9.17, 15) is 14.0 Å². The normalized spacial score (nSPS) is 10.6. The number of benzene rings is 2. The molecule has 27 heavy (non-hydrogen) atoms. The van der Waals surface area contributed by atoms with Gasteiger partial charge >= 0.3 is 0 Å². The van der Waals surface area contributed by atoms with Crippen LogP contribution in [0.5, 0.6) is 5.75 Å². The van der Waals surface area contributed by atoms with Crippen molar-refractivity contribution in [3.8, 4) is 5.75 Å². The van der Waals surface area contributed by atoms with E-state index in [-0.39, 0.29) is 24.9 Å². The van der Waals surface area contributed by atoms with E-state index in [0.29, 0.717) is 17.0 Å². The molecular formula is C19H19FN4O3. The van der Waals surface area contributed by atoms with E-state index in [1.165, 1.54) is 37.1 Å². The molecule has 7 nitrogen and oxygen atoms in total. The molecule has 2 amide bonds. The number of carbonyl (C=O) groups is 2. The summed E-state index contributed by atoms with van der Waals surface area (Å²) in [7, 11) is 1.47. The highest BCUT2D eigenvalue weighted by Gasteiger charge is 2.22. The Bertz CT molecular complexity index is 986. The van der Waals surface area contributed by atoms with Gasteiger partial charge in [-0.3, -0.25) is 14.7 Å². The number of nitrogens with zero attached hydrogens (tertiary/aromatic N) is 2. The molecule has 140 valence electrons. The summed E-state index contributed by atoms with van der Waals surface area (Å²) in [6.07, 6.45) is 1.61. The van der Waals surface area contributed by atoms with Crippen molar-refractivity contribution in [2.45, 2.75) is 6.92 Å². The fraction of sp³-hybridized carbons (Fsp3) is 0.211. The molecule has 0 atom stereocenters. The van der Waals surface area contributed by atoms with Gasteiger partial charge in [-0.2, -0.15) is 5.10 Å². The average Bonchev–Trinajstić information content (AvgIpc) is 3.10. The number of methoxy groups -OCH3 is 1. The first-order chi connectivity index (χ1) is 13.0. The van der Waals surface area contributed by atoms with Gasteiger partial charge in [-0.15, -0.1) is 0 Å². The van der Waals surface area contributed by atoms with E-state index in [1.807, 2.05) is 0 Å². The number of nitrogens with one attached hydrogen (secondary N) is 2. The number of aromatic nitrogens is 2.